The molecule has 5 nitrogen and oxygen atoms in total. The van der Waals surface area contributed by atoms with Gasteiger partial charge in [0.1, 0.15) is 11.1 Å². The number of nitrogens with zero attached hydrogens (tertiary/aromatic N) is 2. The SMILES string of the molecule is CCC(Sc1n[nH]c(C(C)C)n1)C(=O)O. The van der Waals surface area contributed by atoms with Crippen molar-refractivity contribution in [1.29, 1.82) is 0 Å². The Morgan fingerprint density at radius 1 is 1.60 bits per heavy atom. The predicted molar refractivity (Wildman–Crippen MR) is 58.0 cm³/mol. The molecule has 2 N–H and O–H groups in total. The van der Waals surface area contributed by atoms with Crippen LogP contribution in [0.1, 0.15) is 38.9 Å². The number of hydrogen-bond acceptors (Lipinski definition) is 4. The Morgan fingerprint density at radius 3 is 2.67 bits per heavy atom. The summed E-state index contributed by atoms with van der Waals surface area (Å²) in [7, 11) is 0. The average molecular weight is 229 g/mol. The monoisotopic (exact) mass is 229 g/mol. The van der Waals surface area contributed by atoms with Crippen molar-refractivity contribution < 1.29 is 9.90 Å². The smallest absolute Gasteiger partial charge is 0.317 e. The Kier molecular flexibility index (Phi) is 4.14. The van der Waals surface area contributed by atoms with Crippen LogP contribution >= 0.6 is 11.8 Å². The standard InChI is InChI=1S/C9H15N3O2S/c1-4-6(8(13)14)15-9-10-7(5(2)3)11-12-9/h5-6H,4H2,1-3H3,(H,13,14)(H,10,11,12). The van der Waals surface area contributed by atoms with Gasteiger partial charge in [-0.25, -0.2) is 4.98 Å². The van der Waals surface area contributed by atoms with Gasteiger partial charge in [-0.3, -0.25) is 9.89 Å². The summed E-state index contributed by atoms with van der Waals surface area (Å²) in [6.07, 6.45) is 0.561. The van der Waals surface area contributed by atoms with Crippen LogP contribution in [0, 0.1) is 0 Å². The normalized spacial score (nSPS) is 13.1. The maximum Gasteiger partial charge on any atom is 0.317 e. The molecular weight excluding hydrogens is 214 g/mol. The molecule has 0 amide bonds. The minimum absolute atomic E-state index is 0.275. The van der Waals surface area contributed by atoms with E-state index in [4.69, 9.17) is 5.11 Å². The van der Waals surface area contributed by atoms with E-state index >= 15 is 0 Å². The minimum Gasteiger partial charge on any atom is -0.480 e. The highest BCUT2D eigenvalue weighted by Crippen LogP contribution is 2.23. The second kappa shape index (κ2) is 5.16. The van der Waals surface area contributed by atoms with Gasteiger partial charge in [0.2, 0.25) is 5.16 Å². The molecule has 1 aromatic rings. The molecule has 0 saturated carbocycles. The predicted octanol–water partition coefficient (Wildman–Crippen LogP) is 1.88. The first-order valence-corrected chi connectivity index (χ1v) is 5.74. The summed E-state index contributed by atoms with van der Waals surface area (Å²) in [5, 5.41) is 15.7. The number of aromatic nitrogens is 3. The molecule has 1 atom stereocenters. The van der Waals surface area contributed by atoms with Crippen molar-refractivity contribution in [2.75, 3.05) is 0 Å². The number of hydrogen-bond donors (Lipinski definition) is 2. The molecule has 0 aliphatic heterocycles. The van der Waals surface area contributed by atoms with Crippen LogP contribution in [-0.4, -0.2) is 31.5 Å². The highest BCUT2D eigenvalue weighted by atomic mass is 32.2. The summed E-state index contributed by atoms with van der Waals surface area (Å²) < 4.78 is 0. The molecule has 0 aliphatic carbocycles. The van der Waals surface area contributed by atoms with E-state index in [1.54, 1.807) is 0 Å². The Balaban J connectivity index is 2.67. The number of carboxylic acid groups (broad SMARTS) is 1. The van der Waals surface area contributed by atoms with E-state index in [0.717, 1.165) is 5.82 Å². The van der Waals surface area contributed by atoms with Crippen LogP contribution in [0.3, 0.4) is 0 Å². The van der Waals surface area contributed by atoms with Crippen LogP contribution in [0.4, 0.5) is 0 Å². The van der Waals surface area contributed by atoms with Crippen molar-refractivity contribution in [3.63, 3.8) is 0 Å². The first-order chi connectivity index (χ1) is 7.04. The molecule has 1 heterocycles. The first-order valence-electron chi connectivity index (χ1n) is 4.86. The number of aromatic amines is 1. The molecule has 6 heteroatoms. The van der Waals surface area contributed by atoms with E-state index in [1.807, 2.05) is 20.8 Å². The quantitative estimate of drug-likeness (QED) is 0.754. The third kappa shape index (κ3) is 3.23. The number of nitrogens with one attached hydrogen (secondary N) is 1. The zero-order chi connectivity index (χ0) is 11.4. The van der Waals surface area contributed by atoms with E-state index in [1.165, 1.54) is 11.8 Å². The second-order valence-corrected chi connectivity index (χ2v) is 4.68. The lowest BCUT2D eigenvalue weighted by Crippen LogP contribution is -2.14. The number of thioether (sulfide) groups is 1. The Morgan fingerprint density at radius 2 is 2.27 bits per heavy atom. The number of H-pyrrole nitrogens is 1. The fraction of sp³-hybridized carbons (Fsp3) is 0.667. The van der Waals surface area contributed by atoms with E-state index in [0.29, 0.717) is 11.6 Å². The van der Waals surface area contributed by atoms with E-state index < -0.39 is 11.2 Å². The van der Waals surface area contributed by atoms with E-state index in [2.05, 4.69) is 15.2 Å². The molecule has 0 radical (unpaired) electrons. The van der Waals surface area contributed by atoms with Crippen LogP contribution in [0.25, 0.3) is 0 Å². The largest absolute Gasteiger partial charge is 0.480 e. The number of rotatable bonds is 5. The molecule has 0 aliphatic rings. The zero-order valence-corrected chi connectivity index (χ0v) is 9.84. The van der Waals surface area contributed by atoms with Gasteiger partial charge >= 0.3 is 5.97 Å². The van der Waals surface area contributed by atoms with Crippen molar-refractivity contribution in [3.05, 3.63) is 5.82 Å². The van der Waals surface area contributed by atoms with Crippen molar-refractivity contribution in [1.82, 2.24) is 15.2 Å². The van der Waals surface area contributed by atoms with Gasteiger partial charge in [0.15, 0.2) is 0 Å². The van der Waals surface area contributed by atoms with Crippen molar-refractivity contribution in [3.8, 4) is 0 Å². The maximum atomic E-state index is 10.8. The van der Waals surface area contributed by atoms with Crippen LogP contribution < -0.4 is 0 Å². The summed E-state index contributed by atoms with van der Waals surface area (Å²) in [6, 6.07) is 0. The Labute approximate surface area is 92.7 Å². The van der Waals surface area contributed by atoms with Gasteiger partial charge in [0.05, 0.1) is 0 Å². The lowest BCUT2D eigenvalue weighted by Gasteiger charge is -2.04. The highest BCUT2D eigenvalue weighted by Gasteiger charge is 2.19. The van der Waals surface area contributed by atoms with Crippen molar-refractivity contribution in [2.24, 2.45) is 0 Å². The molecule has 15 heavy (non-hydrogen) atoms. The Bertz CT molecular complexity index is 338. The first kappa shape index (κ1) is 12.0. The maximum absolute atomic E-state index is 10.8. The molecule has 84 valence electrons. The molecule has 1 aromatic heterocycles. The van der Waals surface area contributed by atoms with Crippen molar-refractivity contribution in [2.45, 2.75) is 43.5 Å². The Hall–Kier alpha value is -1.04. The summed E-state index contributed by atoms with van der Waals surface area (Å²) >= 11 is 1.18. The van der Waals surface area contributed by atoms with Gasteiger partial charge < -0.3 is 5.11 Å². The van der Waals surface area contributed by atoms with Gasteiger partial charge in [-0.2, -0.15) is 0 Å². The number of aliphatic carboxylic acids is 1. The lowest BCUT2D eigenvalue weighted by molar-refractivity contribution is -0.136. The molecule has 0 aromatic carbocycles. The minimum atomic E-state index is -0.821. The van der Waals surface area contributed by atoms with Gasteiger partial charge in [0, 0.05) is 5.92 Å². The van der Waals surface area contributed by atoms with Crippen molar-refractivity contribution >= 4 is 17.7 Å². The van der Waals surface area contributed by atoms with Crippen LogP contribution in [0.2, 0.25) is 0 Å². The van der Waals surface area contributed by atoms with E-state index in [9.17, 15) is 4.79 Å². The highest BCUT2D eigenvalue weighted by molar-refractivity contribution is 8.00. The van der Waals surface area contributed by atoms with Gasteiger partial charge in [-0.15, -0.1) is 5.10 Å². The zero-order valence-electron chi connectivity index (χ0n) is 9.02. The van der Waals surface area contributed by atoms with E-state index in [-0.39, 0.29) is 5.92 Å². The summed E-state index contributed by atoms with van der Waals surface area (Å²) in [5.41, 5.74) is 0. The van der Waals surface area contributed by atoms with Crippen LogP contribution in [0.15, 0.2) is 5.16 Å². The summed E-state index contributed by atoms with van der Waals surface area (Å²) in [6.45, 7) is 5.84. The summed E-state index contributed by atoms with van der Waals surface area (Å²) in [5.74, 6) is 0.243. The van der Waals surface area contributed by atoms with Crippen LogP contribution in [-0.2, 0) is 4.79 Å². The summed E-state index contributed by atoms with van der Waals surface area (Å²) in [4.78, 5) is 15.0. The molecule has 0 saturated heterocycles. The number of carboxylic acids is 1. The molecule has 1 unspecified atom stereocenters. The molecule has 1 rings (SSSR count). The third-order valence-corrected chi connectivity index (χ3v) is 3.14. The topological polar surface area (TPSA) is 78.9 Å². The molecular formula is C9H15N3O2S. The lowest BCUT2D eigenvalue weighted by atomic mass is 10.2. The number of carbonyl (C=O) groups is 1. The average Bonchev–Trinajstić information content (AvgIpc) is 2.61. The van der Waals surface area contributed by atoms with Gasteiger partial charge in [-0.1, -0.05) is 32.5 Å². The third-order valence-electron chi connectivity index (χ3n) is 1.92. The second-order valence-electron chi connectivity index (χ2n) is 3.51. The molecule has 0 bridgehead atoms. The molecule has 0 spiro atoms. The fourth-order valence-corrected chi connectivity index (χ4v) is 1.78. The van der Waals surface area contributed by atoms with Gasteiger partial charge in [-0.05, 0) is 6.42 Å². The van der Waals surface area contributed by atoms with Crippen LogP contribution in [0.5, 0.6) is 0 Å². The van der Waals surface area contributed by atoms with Gasteiger partial charge in [0.25, 0.3) is 0 Å². The molecule has 0 fully saturated rings. The fourth-order valence-electron chi connectivity index (χ4n) is 1.00.